The van der Waals surface area contributed by atoms with E-state index in [9.17, 15) is 25.2 Å². The van der Waals surface area contributed by atoms with Crippen molar-refractivity contribution in [3.8, 4) is 0 Å². The molecule has 0 aliphatic heterocycles. The summed E-state index contributed by atoms with van der Waals surface area (Å²) < 4.78 is 0. The van der Waals surface area contributed by atoms with Crippen LogP contribution in [-0.4, -0.2) is 74.9 Å². The molecule has 26 heavy (non-hydrogen) atoms. The van der Waals surface area contributed by atoms with Crippen LogP contribution in [0.4, 0.5) is 0 Å². The normalized spacial score (nSPS) is 16.4. The Balaban J connectivity index is 0. The first kappa shape index (κ1) is 28.0. The zero-order valence-corrected chi connectivity index (χ0v) is 17.5. The Morgan fingerprint density at radius 1 is 0.846 bits per heavy atom. The summed E-state index contributed by atoms with van der Waals surface area (Å²) in [6.07, 6.45) is -0.559. The van der Waals surface area contributed by atoms with Crippen LogP contribution in [0.5, 0.6) is 0 Å². The fourth-order valence-corrected chi connectivity index (χ4v) is 2.27. The number of aliphatic hydroxyl groups excluding tert-OH is 4. The Morgan fingerprint density at radius 2 is 1.27 bits per heavy atom. The van der Waals surface area contributed by atoms with Crippen LogP contribution in [0.1, 0.15) is 51.4 Å². The van der Waals surface area contributed by atoms with Gasteiger partial charge in [0.1, 0.15) is 18.3 Å². The van der Waals surface area contributed by atoms with Crippen molar-refractivity contribution in [1.82, 2.24) is 0 Å². The van der Waals surface area contributed by atoms with Crippen molar-refractivity contribution in [2.75, 3.05) is 13.1 Å². The molecule has 0 radical (unpaired) electrons. The summed E-state index contributed by atoms with van der Waals surface area (Å²) in [6, 6.07) is 0. The predicted octanol–water partition coefficient (Wildman–Crippen LogP) is -4.64. The maximum absolute atomic E-state index is 11.6. The number of aliphatic imine (C=N–C) groups is 1. The van der Waals surface area contributed by atoms with Crippen molar-refractivity contribution in [2.45, 2.75) is 75.8 Å². The van der Waals surface area contributed by atoms with Crippen LogP contribution in [0.3, 0.4) is 0 Å². The van der Waals surface area contributed by atoms with E-state index in [0.717, 1.165) is 51.5 Å². The Hall–Kier alpha value is -0.260. The molecule has 0 heterocycles. The third-order valence-electron chi connectivity index (χ3n) is 3.88. The maximum atomic E-state index is 11.6. The molecule has 0 rings (SSSR count). The van der Waals surface area contributed by atoms with Crippen LogP contribution < -0.4 is 40.4 Å². The molecule has 0 aromatic heterocycles. The summed E-state index contributed by atoms with van der Waals surface area (Å²) in [5.41, 5.74) is 5.41. The van der Waals surface area contributed by atoms with E-state index in [-0.39, 0.29) is 36.1 Å². The molecule has 0 unspecified atom stereocenters. The number of carboxylic acid groups (broad SMARTS) is 1. The Morgan fingerprint density at radius 3 is 1.73 bits per heavy atom. The molecule has 148 valence electrons. The first-order valence-corrected chi connectivity index (χ1v) is 8.69. The van der Waals surface area contributed by atoms with Gasteiger partial charge in [0.25, 0.3) is 0 Å². The van der Waals surface area contributed by atoms with Crippen molar-refractivity contribution >= 4 is 11.9 Å². The fourth-order valence-electron chi connectivity index (χ4n) is 2.27. The van der Waals surface area contributed by atoms with Gasteiger partial charge < -0.3 is 41.4 Å². The van der Waals surface area contributed by atoms with E-state index < -0.39 is 36.3 Å². The molecule has 9 nitrogen and oxygen atoms in total. The number of carbonyl (C=O) groups is 1. The maximum Gasteiger partial charge on any atom is 1.00 e. The van der Waals surface area contributed by atoms with Gasteiger partial charge in [-0.1, -0.05) is 38.5 Å². The molecule has 0 aromatic carbocycles. The number of nitrogens with two attached hydrogens (primary N) is 1. The molecule has 0 saturated carbocycles. The van der Waals surface area contributed by atoms with Crippen LogP contribution in [0, 0.1) is 0 Å². The number of nitrogens with zero attached hydrogens (tertiary/aromatic N) is 1. The fraction of sp³-hybridized carbons (Fsp3) is 0.875. The van der Waals surface area contributed by atoms with Gasteiger partial charge >= 0.3 is 35.5 Å². The summed E-state index contributed by atoms with van der Waals surface area (Å²) in [5.74, 6) is -2.82. The molecule has 0 amide bonds. The van der Waals surface area contributed by atoms with Gasteiger partial charge in [-0.2, -0.15) is 0 Å². The molecule has 0 bridgehead atoms. The SMILES string of the molecule is NCCCCCCCCCCN=C([O-])[C@@H](O)[C@@H](O)[C@H](O)[C@@H](O)C(=O)O.[Na+]. The van der Waals surface area contributed by atoms with Gasteiger partial charge in [-0.25, -0.2) is 4.79 Å². The Bertz CT molecular complexity index is 399. The molecule has 0 fully saturated rings. The first-order valence-electron chi connectivity index (χ1n) is 8.69. The Labute approximate surface area is 176 Å². The third-order valence-corrected chi connectivity index (χ3v) is 3.88. The molecule has 0 saturated heterocycles. The summed E-state index contributed by atoms with van der Waals surface area (Å²) >= 11 is 0. The van der Waals surface area contributed by atoms with E-state index in [2.05, 4.69) is 4.99 Å². The van der Waals surface area contributed by atoms with Crippen LogP contribution in [0.25, 0.3) is 0 Å². The minimum Gasteiger partial charge on any atom is -0.860 e. The number of aliphatic hydroxyl groups is 4. The predicted molar refractivity (Wildman–Crippen MR) is 90.0 cm³/mol. The van der Waals surface area contributed by atoms with Gasteiger partial charge in [-0.05, 0) is 25.3 Å². The van der Waals surface area contributed by atoms with Gasteiger partial charge in [-0.3, -0.25) is 0 Å². The van der Waals surface area contributed by atoms with Gasteiger partial charge in [-0.15, -0.1) is 0 Å². The number of hydrogen-bond acceptors (Lipinski definition) is 8. The second-order valence-electron chi connectivity index (χ2n) is 6.05. The smallest absolute Gasteiger partial charge is 0.860 e. The topological polar surface area (TPSA) is 180 Å². The van der Waals surface area contributed by atoms with E-state index in [1.807, 2.05) is 0 Å². The van der Waals surface area contributed by atoms with Crippen molar-refractivity contribution in [1.29, 1.82) is 0 Å². The summed E-state index contributed by atoms with van der Waals surface area (Å²) in [5, 5.41) is 57.7. The third kappa shape index (κ3) is 12.2. The van der Waals surface area contributed by atoms with E-state index in [1.54, 1.807) is 0 Å². The van der Waals surface area contributed by atoms with Crippen molar-refractivity contribution in [3.05, 3.63) is 0 Å². The van der Waals surface area contributed by atoms with E-state index in [4.69, 9.17) is 15.9 Å². The molecular weight excluding hydrogens is 355 g/mol. The van der Waals surface area contributed by atoms with E-state index in [0.29, 0.717) is 6.42 Å². The second-order valence-corrected chi connectivity index (χ2v) is 6.05. The summed E-state index contributed by atoms with van der Waals surface area (Å²) in [7, 11) is 0. The van der Waals surface area contributed by atoms with Gasteiger partial charge in [0.2, 0.25) is 0 Å². The number of aliphatic carboxylic acids is 1. The number of rotatable bonds is 15. The van der Waals surface area contributed by atoms with Crippen LogP contribution >= 0.6 is 0 Å². The monoisotopic (exact) mass is 386 g/mol. The number of unbranched alkanes of at least 4 members (excludes halogenated alkanes) is 7. The average molecular weight is 386 g/mol. The first-order chi connectivity index (χ1) is 11.8. The van der Waals surface area contributed by atoms with Gasteiger partial charge in [0.15, 0.2) is 6.10 Å². The zero-order valence-electron chi connectivity index (χ0n) is 15.5. The minimum absolute atomic E-state index is 0. The average Bonchev–Trinajstić information content (AvgIpc) is 2.60. The molecule has 0 aromatic rings. The van der Waals surface area contributed by atoms with Gasteiger partial charge in [0, 0.05) is 6.54 Å². The second kappa shape index (κ2) is 16.9. The molecule has 10 heteroatoms. The van der Waals surface area contributed by atoms with Crippen molar-refractivity contribution in [3.63, 3.8) is 0 Å². The molecule has 0 aliphatic carbocycles. The minimum atomic E-state index is -2.30. The largest absolute Gasteiger partial charge is 1.00 e. The van der Waals surface area contributed by atoms with Crippen LogP contribution in [0.15, 0.2) is 4.99 Å². The molecule has 7 N–H and O–H groups in total. The van der Waals surface area contributed by atoms with E-state index >= 15 is 0 Å². The number of carboxylic acids is 1. The van der Waals surface area contributed by atoms with Crippen molar-refractivity contribution < 1.29 is 65.0 Å². The number of hydrogen-bond donors (Lipinski definition) is 6. The molecular formula is C16H31N2NaO7. The summed E-state index contributed by atoms with van der Waals surface area (Å²) in [6.45, 7) is 0.899. The molecule has 0 aliphatic rings. The van der Waals surface area contributed by atoms with Crippen LogP contribution in [0.2, 0.25) is 0 Å². The van der Waals surface area contributed by atoms with Gasteiger partial charge in [0.05, 0.1) is 0 Å². The molecule has 4 atom stereocenters. The van der Waals surface area contributed by atoms with E-state index in [1.165, 1.54) is 0 Å². The quantitative estimate of drug-likeness (QED) is 0.0703. The van der Waals surface area contributed by atoms with Crippen molar-refractivity contribution in [2.24, 2.45) is 10.7 Å². The zero-order chi connectivity index (χ0) is 19.2. The Kier molecular flexibility index (Phi) is 18.1. The standard InChI is InChI=1S/C16H32N2O7.Na/c17-9-7-5-3-1-2-4-6-8-10-18-15(23)13(21)11(19)12(20)14(22)16(24)25;/h11-14,19-22H,1-10,17H2,(H,18,23)(H,24,25);/q;+1/p-1/t11-,12-,13-,14+;/m0./s1. The molecule has 0 spiro atoms. The van der Waals surface area contributed by atoms with Crippen LogP contribution in [-0.2, 0) is 4.79 Å². The summed E-state index contributed by atoms with van der Waals surface area (Å²) in [4.78, 5) is 14.1.